The fourth-order valence-electron chi connectivity index (χ4n) is 2.03. The van der Waals surface area contributed by atoms with Crippen molar-refractivity contribution in [2.45, 2.75) is 12.8 Å². The predicted octanol–water partition coefficient (Wildman–Crippen LogP) is 3.38. The lowest BCUT2D eigenvalue weighted by Crippen LogP contribution is -2.27. The number of nitro groups is 1. The van der Waals surface area contributed by atoms with Gasteiger partial charge in [0, 0.05) is 17.6 Å². The summed E-state index contributed by atoms with van der Waals surface area (Å²) >= 11 is 5.81. The number of nitrogens with zero attached hydrogens (tertiary/aromatic N) is 1. The van der Waals surface area contributed by atoms with Crippen LogP contribution < -0.4 is 10.1 Å². The number of hydrogen-bond donors (Lipinski definition) is 1. The van der Waals surface area contributed by atoms with Crippen molar-refractivity contribution in [2.75, 3.05) is 13.2 Å². The number of rotatable bonds is 8. The van der Waals surface area contributed by atoms with Gasteiger partial charge in [0.1, 0.15) is 5.75 Å². The van der Waals surface area contributed by atoms with Gasteiger partial charge < -0.3 is 10.1 Å². The Morgan fingerprint density at radius 1 is 1.21 bits per heavy atom. The van der Waals surface area contributed by atoms with Crippen LogP contribution in [0.5, 0.6) is 5.75 Å². The summed E-state index contributed by atoms with van der Waals surface area (Å²) in [5.74, 6) is 0.243. The Hall–Kier alpha value is -2.60. The molecule has 0 unspecified atom stereocenters. The van der Waals surface area contributed by atoms with Crippen molar-refractivity contribution in [3.05, 3.63) is 69.2 Å². The summed E-state index contributed by atoms with van der Waals surface area (Å²) in [6, 6.07) is 13.3. The summed E-state index contributed by atoms with van der Waals surface area (Å²) in [5.41, 5.74) is 1.05. The standard InChI is InChI=1S/C17H17ClN2O4/c18-14-6-4-13(5-7-14)8-10-19-17(21)9-11-24-16-3-1-2-15(12-16)20(22)23/h1-7,12H,8-11H2,(H,19,21). The normalized spacial score (nSPS) is 10.2. The van der Waals surface area contributed by atoms with E-state index in [0.717, 1.165) is 5.56 Å². The van der Waals surface area contributed by atoms with Gasteiger partial charge in [-0.2, -0.15) is 0 Å². The third kappa shape index (κ3) is 5.89. The second kappa shape index (κ2) is 8.88. The maximum Gasteiger partial charge on any atom is 0.273 e. The van der Waals surface area contributed by atoms with Crippen LogP contribution in [0.2, 0.25) is 5.02 Å². The van der Waals surface area contributed by atoms with E-state index in [-0.39, 0.29) is 24.6 Å². The van der Waals surface area contributed by atoms with Gasteiger partial charge >= 0.3 is 0 Å². The molecule has 0 aliphatic rings. The fraction of sp³-hybridized carbons (Fsp3) is 0.235. The fourth-order valence-corrected chi connectivity index (χ4v) is 2.16. The molecule has 2 aromatic carbocycles. The van der Waals surface area contributed by atoms with Crippen molar-refractivity contribution in [2.24, 2.45) is 0 Å². The minimum Gasteiger partial charge on any atom is -0.493 e. The topological polar surface area (TPSA) is 81.5 Å². The first-order chi connectivity index (χ1) is 11.5. The molecule has 7 heteroatoms. The molecular weight excluding hydrogens is 332 g/mol. The number of hydrogen-bond acceptors (Lipinski definition) is 4. The molecular formula is C17H17ClN2O4. The van der Waals surface area contributed by atoms with E-state index in [1.54, 1.807) is 12.1 Å². The highest BCUT2D eigenvalue weighted by molar-refractivity contribution is 6.30. The van der Waals surface area contributed by atoms with E-state index in [4.69, 9.17) is 16.3 Å². The number of ether oxygens (including phenoxy) is 1. The maximum atomic E-state index is 11.7. The average Bonchev–Trinajstić information content (AvgIpc) is 2.57. The second-order valence-corrected chi connectivity index (χ2v) is 5.52. The van der Waals surface area contributed by atoms with Crippen molar-refractivity contribution >= 4 is 23.2 Å². The minimum atomic E-state index is -0.490. The Kier molecular flexibility index (Phi) is 6.57. The summed E-state index contributed by atoms with van der Waals surface area (Å²) in [4.78, 5) is 21.9. The Labute approximate surface area is 144 Å². The number of carbonyl (C=O) groups excluding carboxylic acids is 1. The van der Waals surface area contributed by atoms with Gasteiger partial charge in [-0.25, -0.2) is 0 Å². The lowest BCUT2D eigenvalue weighted by atomic mass is 10.1. The van der Waals surface area contributed by atoms with E-state index >= 15 is 0 Å². The zero-order valence-corrected chi connectivity index (χ0v) is 13.7. The summed E-state index contributed by atoms with van der Waals surface area (Å²) in [5, 5.41) is 14.2. The molecule has 0 saturated heterocycles. The number of carbonyl (C=O) groups is 1. The molecule has 0 radical (unpaired) electrons. The lowest BCUT2D eigenvalue weighted by Gasteiger charge is -2.07. The van der Waals surface area contributed by atoms with Gasteiger partial charge in [0.2, 0.25) is 5.91 Å². The molecule has 0 heterocycles. The van der Waals surface area contributed by atoms with Crippen LogP contribution in [0, 0.1) is 10.1 Å². The number of benzene rings is 2. The number of nitrogens with one attached hydrogen (secondary N) is 1. The number of nitro benzene ring substituents is 1. The summed E-state index contributed by atoms with van der Waals surface area (Å²) in [7, 11) is 0. The van der Waals surface area contributed by atoms with E-state index < -0.39 is 4.92 Å². The smallest absolute Gasteiger partial charge is 0.273 e. The van der Waals surface area contributed by atoms with Crippen LogP contribution in [0.1, 0.15) is 12.0 Å². The van der Waals surface area contributed by atoms with Gasteiger partial charge in [0.05, 0.1) is 24.0 Å². The maximum absolute atomic E-state index is 11.7. The third-order valence-electron chi connectivity index (χ3n) is 3.28. The highest BCUT2D eigenvalue weighted by Crippen LogP contribution is 2.19. The Balaban J connectivity index is 1.67. The van der Waals surface area contributed by atoms with Crippen LogP contribution in [0.15, 0.2) is 48.5 Å². The zero-order chi connectivity index (χ0) is 17.4. The molecule has 0 aliphatic heterocycles. The van der Waals surface area contributed by atoms with Crippen LogP contribution in [-0.2, 0) is 11.2 Å². The first-order valence-electron chi connectivity index (χ1n) is 7.43. The number of amides is 1. The van der Waals surface area contributed by atoms with Gasteiger partial charge in [-0.15, -0.1) is 0 Å². The molecule has 126 valence electrons. The first kappa shape index (κ1) is 17.7. The van der Waals surface area contributed by atoms with Crippen LogP contribution in [0.4, 0.5) is 5.69 Å². The van der Waals surface area contributed by atoms with E-state index in [1.807, 2.05) is 24.3 Å². The van der Waals surface area contributed by atoms with Crippen LogP contribution in [0.3, 0.4) is 0 Å². The molecule has 2 rings (SSSR count). The summed E-state index contributed by atoms with van der Waals surface area (Å²) < 4.78 is 5.37. The quantitative estimate of drug-likeness (QED) is 0.585. The van der Waals surface area contributed by atoms with Gasteiger partial charge in [-0.05, 0) is 30.2 Å². The SMILES string of the molecule is O=C(CCOc1cccc([N+](=O)[O-])c1)NCCc1ccc(Cl)cc1. The number of halogens is 1. The molecule has 0 aromatic heterocycles. The van der Waals surface area contributed by atoms with E-state index in [2.05, 4.69) is 5.32 Å². The zero-order valence-electron chi connectivity index (χ0n) is 12.9. The van der Waals surface area contributed by atoms with E-state index in [1.165, 1.54) is 12.1 Å². The van der Waals surface area contributed by atoms with E-state index in [9.17, 15) is 14.9 Å². The van der Waals surface area contributed by atoms with Crippen molar-refractivity contribution in [3.63, 3.8) is 0 Å². The monoisotopic (exact) mass is 348 g/mol. The molecule has 0 fully saturated rings. The highest BCUT2D eigenvalue weighted by Gasteiger charge is 2.07. The lowest BCUT2D eigenvalue weighted by molar-refractivity contribution is -0.384. The molecule has 0 saturated carbocycles. The molecule has 2 aromatic rings. The van der Waals surface area contributed by atoms with Gasteiger partial charge in [0.15, 0.2) is 0 Å². The highest BCUT2D eigenvalue weighted by atomic mass is 35.5. The van der Waals surface area contributed by atoms with Gasteiger partial charge in [0.25, 0.3) is 5.69 Å². The summed E-state index contributed by atoms with van der Waals surface area (Å²) in [6.45, 7) is 0.686. The molecule has 0 atom stereocenters. The summed E-state index contributed by atoms with van der Waals surface area (Å²) in [6.07, 6.45) is 0.901. The van der Waals surface area contributed by atoms with Gasteiger partial charge in [-0.1, -0.05) is 29.8 Å². The molecule has 1 amide bonds. The van der Waals surface area contributed by atoms with E-state index in [0.29, 0.717) is 23.7 Å². The molecule has 1 N–H and O–H groups in total. The van der Waals surface area contributed by atoms with Gasteiger partial charge in [-0.3, -0.25) is 14.9 Å². The molecule has 24 heavy (non-hydrogen) atoms. The van der Waals surface area contributed by atoms with Crippen LogP contribution in [0.25, 0.3) is 0 Å². The molecule has 6 nitrogen and oxygen atoms in total. The first-order valence-corrected chi connectivity index (χ1v) is 7.81. The number of non-ortho nitro benzene ring substituents is 1. The second-order valence-electron chi connectivity index (χ2n) is 5.08. The Morgan fingerprint density at radius 2 is 1.96 bits per heavy atom. The van der Waals surface area contributed by atoms with Crippen molar-refractivity contribution in [1.82, 2.24) is 5.32 Å². The van der Waals surface area contributed by atoms with Crippen molar-refractivity contribution < 1.29 is 14.5 Å². The minimum absolute atomic E-state index is 0.0417. The van der Waals surface area contributed by atoms with Crippen molar-refractivity contribution in [1.29, 1.82) is 0 Å². The molecule has 0 aliphatic carbocycles. The average molecular weight is 349 g/mol. The largest absolute Gasteiger partial charge is 0.493 e. The third-order valence-corrected chi connectivity index (χ3v) is 3.53. The van der Waals surface area contributed by atoms with Crippen LogP contribution >= 0.6 is 11.6 Å². The van der Waals surface area contributed by atoms with Crippen molar-refractivity contribution in [3.8, 4) is 5.75 Å². The Bertz CT molecular complexity index is 704. The van der Waals surface area contributed by atoms with Crippen LogP contribution in [-0.4, -0.2) is 24.0 Å². The Morgan fingerprint density at radius 3 is 2.67 bits per heavy atom. The molecule has 0 spiro atoms. The molecule has 0 bridgehead atoms. The predicted molar refractivity (Wildman–Crippen MR) is 91.4 cm³/mol.